The number of anilines is 1. The van der Waals surface area contributed by atoms with Gasteiger partial charge in [-0.1, -0.05) is 11.6 Å². The van der Waals surface area contributed by atoms with Gasteiger partial charge in [0.1, 0.15) is 5.75 Å². The fourth-order valence-corrected chi connectivity index (χ4v) is 5.12. The second-order valence-corrected chi connectivity index (χ2v) is 9.85. The SMILES string of the molecule is COc1ccc(S(=O)(=O)N2CCC[C@@H](C(=O)NCCC(=O)Nc3ccc(Cl)cc3)C2)cc1. The van der Waals surface area contributed by atoms with E-state index in [9.17, 15) is 18.0 Å². The number of rotatable bonds is 8. The van der Waals surface area contributed by atoms with Gasteiger partial charge in [-0.05, 0) is 61.4 Å². The molecular weight excluding hydrogens is 454 g/mol. The summed E-state index contributed by atoms with van der Waals surface area (Å²) in [6, 6.07) is 12.9. The summed E-state index contributed by atoms with van der Waals surface area (Å²) in [7, 11) is -2.19. The fraction of sp³-hybridized carbons (Fsp3) is 0.364. The van der Waals surface area contributed by atoms with E-state index in [0.717, 1.165) is 0 Å². The molecule has 1 aliphatic rings. The van der Waals surface area contributed by atoms with E-state index >= 15 is 0 Å². The number of carbonyl (C=O) groups is 2. The Morgan fingerprint density at radius 3 is 2.47 bits per heavy atom. The maximum atomic E-state index is 12.9. The second-order valence-electron chi connectivity index (χ2n) is 7.47. The Morgan fingerprint density at radius 2 is 1.81 bits per heavy atom. The quantitative estimate of drug-likeness (QED) is 0.605. The maximum Gasteiger partial charge on any atom is 0.243 e. The lowest BCUT2D eigenvalue weighted by Crippen LogP contribution is -2.45. The highest BCUT2D eigenvalue weighted by Crippen LogP contribution is 2.25. The number of halogens is 1. The topological polar surface area (TPSA) is 105 Å². The zero-order chi connectivity index (χ0) is 23.1. The van der Waals surface area contributed by atoms with Gasteiger partial charge < -0.3 is 15.4 Å². The van der Waals surface area contributed by atoms with Crippen molar-refractivity contribution in [3.63, 3.8) is 0 Å². The highest BCUT2D eigenvalue weighted by Gasteiger charge is 2.33. The second kappa shape index (κ2) is 10.8. The first-order chi connectivity index (χ1) is 15.3. The van der Waals surface area contributed by atoms with Crippen LogP contribution in [0.15, 0.2) is 53.4 Å². The standard InChI is InChI=1S/C22H26ClN3O5S/c1-31-19-8-10-20(11-9-19)32(29,30)26-14-2-3-16(15-26)22(28)24-13-12-21(27)25-18-6-4-17(23)5-7-18/h4-11,16H,2-3,12-15H2,1H3,(H,24,28)(H,25,27)/t16-/m1/s1. The summed E-state index contributed by atoms with van der Waals surface area (Å²) in [6.45, 7) is 0.638. The van der Waals surface area contributed by atoms with Gasteiger partial charge in [-0.15, -0.1) is 0 Å². The van der Waals surface area contributed by atoms with E-state index in [1.54, 1.807) is 36.4 Å². The van der Waals surface area contributed by atoms with Crippen molar-refractivity contribution in [3.8, 4) is 5.75 Å². The third-order valence-electron chi connectivity index (χ3n) is 5.23. The smallest absolute Gasteiger partial charge is 0.243 e. The van der Waals surface area contributed by atoms with Crippen molar-refractivity contribution in [3.05, 3.63) is 53.6 Å². The van der Waals surface area contributed by atoms with Gasteiger partial charge in [0.15, 0.2) is 0 Å². The lowest BCUT2D eigenvalue weighted by atomic mass is 9.99. The fourth-order valence-electron chi connectivity index (χ4n) is 3.47. The zero-order valence-corrected chi connectivity index (χ0v) is 19.3. The van der Waals surface area contributed by atoms with Crippen molar-refractivity contribution in [2.45, 2.75) is 24.2 Å². The first-order valence-corrected chi connectivity index (χ1v) is 12.1. The number of hydrogen-bond donors (Lipinski definition) is 2. The summed E-state index contributed by atoms with van der Waals surface area (Å²) in [5.74, 6) is -0.380. The molecule has 2 N–H and O–H groups in total. The van der Waals surface area contributed by atoms with E-state index in [-0.39, 0.29) is 36.2 Å². The minimum atomic E-state index is -3.70. The molecule has 8 nitrogen and oxygen atoms in total. The summed E-state index contributed by atoms with van der Waals surface area (Å²) in [6.07, 6.45) is 1.29. The third kappa shape index (κ3) is 6.21. The van der Waals surface area contributed by atoms with E-state index < -0.39 is 15.9 Å². The van der Waals surface area contributed by atoms with Crippen LogP contribution in [0.1, 0.15) is 19.3 Å². The molecular formula is C22H26ClN3O5S. The molecule has 0 aromatic heterocycles. The molecule has 3 rings (SSSR count). The van der Waals surface area contributed by atoms with Gasteiger partial charge in [-0.2, -0.15) is 4.31 Å². The average molecular weight is 480 g/mol. The van der Waals surface area contributed by atoms with E-state index in [1.165, 1.54) is 23.5 Å². The normalized spacial score (nSPS) is 16.9. The van der Waals surface area contributed by atoms with Crippen LogP contribution in [0, 0.1) is 5.92 Å². The van der Waals surface area contributed by atoms with Gasteiger partial charge in [0.05, 0.1) is 17.9 Å². The van der Waals surface area contributed by atoms with Crippen molar-refractivity contribution in [1.29, 1.82) is 0 Å². The Hall–Kier alpha value is -2.62. The lowest BCUT2D eigenvalue weighted by molar-refractivity contribution is -0.126. The summed E-state index contributed by atoms with van der Waals surface area (Å²) in [5.41, 5.74) is 0.623. The van der Waals surface area contributed by atoms with Gasteiger partial charge >= 0.3 is 0 Å². The summed E-state index contributed by atoms with van der Waals surface area (Å²) < 4.78 is 32.3. The van der Waals surface area contributed by atoms with E-state index in [1.807, 2.05) is 0 Å². The van der Waals surface area contributed by atoms with E-state index in [0.29, 0.717) is 35.8 Å². The number of benzene rings is 2. The van der Waals surface area contributed by atoms with Crippen molar-refractivity contribution in [2.24, 2.45) is 5.92 Å². The number of methoxy groups -OCH3 is 1. The zero-order valence-electron chi connectivity index (χ0n) is 17.7. The van der Waals surface area contributed by atoms with Gasteiger partial charge in [0.2, 0.25) is 21.8 Å². The molecule has 32 heavy (non-hydrogen) atoms. The largest absolute Gasteiger partial charge is 0.497 e. The predicted molar refractivity (Wildman–Crippen MR) is 122 cm³/mol. The molecule has 2 amide bonds. The average Bonchev–Trinajstić information content (AvgIpc) is 2.80. The number of carbonyl (C=O) groups excluding carboxylic acids is 2. The summed E-state index contributed by atoms with van der Waals surface area (Å²) in [5, 5.41) is 6.05. The van der Waals surface area contributed by atoms with Crippen LogP contribution in [0.25, 0.3) is 0 Å². The molecule has 1 heterocycles. The molecule has 0 saturated carbocycles. The van der Waals surface area contributed by atoms with Crippen LogP contribution in [-0.4, -0.2) is 51.3 Å². The van der Waals surface area contributed by atoms with Crippen molar-refractivity contribution >= 4 is 39.1 Å². The summed E-state index contributed by atoms with van der Waals surface area (Å²) in [4.78, 5) is 24.8. The number of piperidine rings is 1. The van der Waals surface area contributed by atoms with Crippen molar-refractivity contribution in [1.82, 2.24) is 9.62 Å². The Bertz CT molecular complexity index is 1040. The molecule has 0 bridgehead atoms. The molecule has 1 saturated heterocycles. The predicted octanol–water partition coefficient (Wildman–Crippen LogP) is 2.89. The minimum absolute atomic E-state index is 0.106. The molecule has 2 aromatic carbocycles. The molecule has 1 atom stereocenters. The molecule has 1 fully saturated rings. The van der Waals surface area contributed by atoms with Crippen LogP contribution in [0.2, 0.25) is 5.02 Å². The number of amides is 2. The lowest BCUT2D eigenvalue weighted by Gasteiger charge is -2.31. The van der Waals surface area contributed by atoms with Crippen LogP contribution in [0.4, 0.5) is 5.69 Å². The highest BCUT2D eigenvalue weighted by atomic mass is 35.5. The molecule has 1 aliphatic heterocycles. The van der Waals surface area contributed by atoms with Gasteiger partial charge in [0, 0.05) is 36.8 Å². The molecule has 0 aliphatic carbocycles. The van der Waals surface area contributed by atoms with Crippen molar-refractivity contribution < 1.29 is 22.7 Å². The Morgan fingerprint density at radius 1 is 1.12 bits per heavy atom. The number of nitrogens with one attached hydrogen (secondary N) is 2. The first-order valence-electron chi connectivity index (χ1n) is 10.3. The highest BCUT2D eigenvalue weighted by molar-refractivity contribution is 7.89. The molecule has 10 heteroatoms. The Kier molecular flexibility index (Phi) is 8.11. The number of nitrogens with zero attached hydrogens (tertiary/aromatic N) is 1. The van der Waals surface area contributed by atoms with E-state index in [2.05, 4.69) is 10.6 Å². The molecule has 172 valence electrons. The minimum Gasteiger partial charge on any atom is -0.497 e. The first kappa shape index (κ1) is 24.0. The van der Waals surface area contributed by atoms with Crippen LogP contribution >= 0.6 is 11.6 Å². The van der Waals surface area contributed by atoms with Crippen LogP contribution < -0.4 is 15.4 Å². The number of ether oxygens (including phenoxy) is 1. The van der Waals surface area contributed by atoms with E-state index in [4.69, 9.17) is 16.3 Å². The summed E-state index contributed by atoms with van der Waals surface area (Å²) >= 11 is 5.82. The van der Waals surface area contributed by atoms with Gasteiger partial charge in [0.25, 0.3) is 0 Å². The Labute approximate surface area is 192 Å². The van der Waals surface area contributed by atoms with Gasteiger partial charge in [-0.25, -0.2) is 8.42 Å². The van der Waals surface area contributed by atoms with Gasteiger partial charge in [-0.3, -0.25) is 9.59 Å². The van der Waals surface area contributed by atoms with Crippen LogP contribution in [0.3, 0.4) is 0 Å². The van der Waals surface area contributed by atoms with Crippen molar-refractivity contribution in [2.75, 3.05) is 32.1 Å². The molecule has 0 spiro atoms. The molecule has 0 unspecified atom stereocenters. The van der Waals surface area contributed by atoms with Crippen LogP contribution in [-0.2, 0) is 19.6 Å². The Balaban J connectivity index is 1.50. The molecule has 0 radical (unpaired) electrons. The van der Waals surface area contributed by atoms with Crippen LogP contribution in [0.5, 0.6) is 5.75 Å². The monoisotopic (exact) mass is 479 g/mol. The molecule has 2 aromatic rings. The maximum absolute atomic E-state index is 12.9. The third-order valence-corrected chi connectivity index (χ3v) is 7.36. The number of sulfonamides is 1. The number of hydrogen-bond acceptors (Lipinski definition) is 5.